The molecule has 1 aliphatic heterocycles. The van der Waals surface area contributed by atoms with Crippen LogP contribution in [-0.2, 0) is 4.79 Å². The van der Waals surface area contributed by atoms with Gasteiger partial charge >= 0.3 is 5.97 Å². The van der Waals surface area contributed by atoms with Crippen LogP contribution in [0, 0.1) is 5.92 Å². The van der Waals surface area contributed by atoms with Gasteiger partial charge in [0.1, 0.15) is 0 Å². The zero-order chi connectivity index (χ0) is 11.7. The minimum atomic E-state index is -0.818. The van der Waals surface area contributed by atoms with Crippen LogP contribution >= 0.6 is 0 Å². The van der Waals surface area contributed by atoms with Gasteiger partial charge in [0.25, 0.3) is 0 Å². The molecule has 1 aromatic carbocycles. The van der Waals surface area contributed by atoms with Gasteiger partial charge in [-0.25, -0.2) is 0 Å². The lowest BCUT2D eigenvalue weighted by atomic mass is 9.83. The summed E-state index contributed by atoms with van der Waals surface area (Å²) < 4.78 is 5.37. The van der Waals surface area contributed by atoms with E-state index >= 15 is 0 Å². The van der Waals surface area contributed by atoms with Gasteiger partial charge in [0.15, 0.2) is 11.5 Å². The first-order valence-corrected chi connectivity index (χ1v) is 5.28. The van der Waals surface area contributed by atoms with Crippen molar-refractivity contribution in [1.29, 1.82) is 0 Å². The Morgan fingerprint density at radius 2 is 2.31 bits per heavy atom. The second kappa shape index (κ2) is 4.04. The SMILES string of the molecule is CC(C(=O)O)C1CCOc2c(O)cccc21. The fourth-order valence-corrected chi connectivity index (χ4v) is 2.13. The number of carboxylic acid groups (broad SMARTS) is 1. The molecule has 1 heterocycles. The van der Waals surface area contributed by atoms with Gasteiger partial charge in [0, 0.05) is 11.5 Å². The minimum Gasteiger partial charge on any atom is -0.504 e. The van der Waals surface area contributed by atoms with E-state index in [-0.39, 0.29) is 11.7 Å². The minimum absolute atomic E-state index is 0.0831. The number of phenols is 1. The number of ether oxygens (including phenoxy) is 1. The lowest BCUT2D eigenvalue weighted by molar-refractivity contribution is -0.142. The number of phenolic OH excluding ortho intramolecular Hbond substituents is 1. The number of carbonyl (C=O) groups is 1. The van der Waals surface area contributed by atoms with Crippen molar-refractivity contribution < 1.29 is 19.7 Å². The maximum absolute atomic E-state index is 11.0. The first kappa shape index (κ1) is 10.8. The molecule has 2 N–H and O–H groups in total. The van der Waals surface area contributed by atoms with E-state index in [1.807, 2.05) is 6.07 Å². The molecule has 2 atom stereocenters. The van der Waals surface area contributed by atoms with Gasteiger partial charge in [0.05, 0.1) is 12.5 Å². The lowest BCUT2D eigenvalue weighted by Crippen LogP contribution is -2.24. The Bertz CT molecular complexity index is 413. The summed E-state index contributed by atoms with van der Waals surface area (Å²) in [7, 11) is 0. The molecule has 0 bridgehead atoms. The number of fused-ring (bicyclic) bond motifs is 1. The molecular formula is C12H14O4. The number of rotatable bonds is 2. The molecule has 0 amide bonds. The Kier molecular flexibility index (Phi) is 2.73. The van der Waals surface area contributed by atoms with E-state index in [0.29, 0.717) is 18.8 Å². The number of hydrogen-bond donors (Lipinski definition) is 2. The molecule has 0 aromatic heterocycles. The molecule has 0 saturated heterocycles. The van der Waals surface area contributed by atoms with Crippen LogP contribution in [0.15, 0.2) is 18.2 Å². The second-order valence-corrected chi connectivity index (χ2v) is 4.07. The summed E-state index contributed by atoms with van der Waals surface area (Å²) in [6.07, 6.45) is 0.671. The zero-order valence-corrected chi connectivity index (χ0v) is 9.01. The summed E-state index contributed by atoms with van der Waals surface area (Å²) in [4.78, 5) is 11.0. The summed E-state index contributed by atoms with van der Waals surface area (Å²) in [5, 5.41) is 18.6. The third-order valence-electron chi connectivity index (χ3n) is 3.09. The highest BCUT2D eigenvalue weighted by atomic mass is 16.5. The predicted molar refractivity (Wildman–Crippen MR) is 57.8 cm³/mol. The second-order valence-electron chi connectivity index (χ2n) is 4.07. The van der Waals surface area contributed by atoms with Crippen LogP contribution in [0.5, 0.6) is 11.5 Å². The molecule has 4 nitrogen and oxygen atoms in total. The Morgan fingerprint density at radius 1 is 1.56 bits per heavy atom. The van der Waals surface area contributed by atoms with Crippen LogP contribution in [0.25, 0.3) is 0 Å². The summed E-state index contributed by atoms with van der Waals surface area (Å²) in [6, 6.07) is 5.08. The fraction of sp³-hybridized carbons (Fsp3) is 0.417. The van der Waals surface area contributed by atoms with Gasteiger partial charge in [-0.15, -0.1) is 0 Å². The first-order chi connectivity index (χ1) is 7.61. The Labute approximate surface area is 93.5 Å². The molecule has 2 rings (SSSR count). The quantitative estimate of drug-likeness (QED) is 0.802. The van der Waals surface area contributed by atoms with Crippen molar-refractivity contribution in [3.63, 3.8) is 0 Å². The predicted octanol–water partition coefficient (Wildman–Crippen LogP) is 1.98. The van der Waals surface area contributed by atoms with Gasteiger partial charge in [0.2, 0.25) is 0 Å². The molecule has 0 aliphatic carbocycles. The topological polar surface area (TPSA) is 66.8 Å². The first-order valence-electron chi connectivity index (χ1n) is 5.28. The normalized spacial score (nSPS) is 20.7. The number of para-hydroxylation sites is 1. The molecule has 2 unspecified atom stereocenters. The van der Waals surface area contributed by atoms with Crippen LogP contribution in [0.4, 0.5) is 0 Å². The summed E-state index contributed by atoms with van der Waals surface area (Å²) in [6.45, 7) is 2.14. The molecule has 4 heteroatoms. The van der Waals surface area contributed by atoms with Gasteiger partial charge in [-0.1, -0.05) is 19.1 Å². The van der Waals surface area contributed by atoms with Crippen LogP contribution in [-0.4, -0.2) is 22.8 Å². The van der Waals surface area contributed by atoms with Crippen molar-refractivity contribution in [3.8, 4) is 11.5 Å². The van der Waals surface area contributed by atoms with Crippen LogP contribution in [0.1, 0.15) is 24.8 Å². The molecule has 1 aliphatic rings. The van der Waals surface area contributed by atoms with E-state index in [4.69, 9.17) is 9.84 Å². The van der Waals surface area contributed by atoms with E-state index in [0.717, 1.165) is 5.56 Å². The molecule has 1 aromatic rings. The van der Waals surface area contributed by atoms with E-state index in [9.17, 15) is 9.90 Å². The van der Waals surface area contributed by atoms with Crippen LogP contribution in [0.2, 0.25) is 0 Å². The Hall–Kier alpha value is -1.71. The maximum Gasteiger partial charge on any atom is 0.306 e. The van der Waals surface area contributed by atoms with E-state index in [2.05, 4.69) is 0 Å². The van der Waals surface area contributed by atoms with Crippen LogP contribution in [0.3, 0.4) is 0 Å². The van der Waals surface area contributed by atoms with Gasteiger partial charge in [-0.05, 0) is 12.5 Å². The monoisotopic (exact) mass is 222 g/mol. The molecule has 86 valence electrons. The molecule has 0 fully saturated rings. The zero-order valence-electron chi connectivity index (χ0n) is 9.01. The molecule has 16 heavy (non-hydrogen) atoms. The molecule has 0 saturated carbocycles. The summed E-state index contributed by atoms with van der Waals surface area (Å²) in [5.41, 5.74) is 0.793. The Balaban J connectivity index is 2.40. The smallest absolute Gasteiger partial charge is 0.306 e. The highest BCUT2D eigenvalue weighted by Gasteiger charge is 2.31. The number of hydrogen-bond acceptors (Lipinski definition) is 3. The average molecular weight is 222 g/mol. The number of aliphatic carboxylic acids is 1. The van der Waals surface area contributed by atoms with E-state index in [1.54, 1.807) is 19.1 Å². The van der Waals surface area contributed by atoms with Crippen molar-refractivity contribution in [2.75, 3.05) is 6.61 Å². The Morgan fingerprint density at radius 3 is 3.00 bits per heavy atom. The molecule has 0 spiro atoms. The lowest BCUT2D eigenvalue weighted by Gasteiger charge is -2.28. The average Bonchev–Trinajstić information content (AvgIpc) is 2.28. The third kappa shape index (κ3) is 1.71. The highest BCUT2D eigenvalue weighted by Crippen LogP contribution is 2.42. The number of carboxylic acids is 1. The highest BCUT2D eigenvalue weighted by molar-refractivity contribution is 5.71. The summed E-state index contributed by atoms with van der Waals surface area (Å²) >= 11 is 0. The molecule has 0 radical (unpaired) electrons. The maximum atomic E-state index is 11.0. The van der Waals surface area contributed by atoms with Gasteiger partial charge < -0.3 is 14.9 Å². The third-order valence-corrected chi connectivity index (χ3v) is 3.09. The van der Waals surface area contributed by atoms with Crippen molar-refractivity contribution in [1.82, 2.24) is 0 Å². The fourth-order valence-electron chi connectivity index (χ4n) is 2.13. The van der Waals surface area contributed by atoms with E-state index in [1.165, 1.54) is 0 Å². The van der Waals surface area contributed by atoms with Gasteiger partial charge in [-0.2, -0.15) is 0 Å². The molecular weight excluding hydrogens is 208 g/mol. The number of aromatic hydroxyl groups is 1. The van der Waals surface area contributed by atoms with Crippen LogP contribution < -0.4 is 4.74 Å². The van der Waals surface area contributed by atoms with Crippen molar-refractivity contribution in [3.05, 3.63) is 23.8 Å². The van der Waals surface area contributed by atoms with Gasteiger partial charge in [-0.3, -0.25) is 4.79 Å². The van der Waals surface area contributed by atoms with Crippen molar-refractivity contribution in [2.45, 2.75) is 19.3 Å². The summed E-state index contributed by atoms with van der Waals surface area (Å²) in [5.74, 6) is -0.856. The largest absolute Gasteiger partial charge is 0.504 e. The van der Waals surface area contributed by atoms with Crippen molar-refractivity contribution >= 4 is 5.97 Å². The number of benzene rings is 1. The van der Waals surface area contributed by atoms with E-state index < -0.39 is 11.9 Å². The van der Waals surface area contributed by atoms with Crippen molar-refractivity contribution in [2.24, 2.45) is 5.92 Å². The standard InChI is InChI=1S/C12H14O4/c1-7(12(14)15)8-5-6-16-11-9(8)3-2-4-10(11)13/h2-4,7-8,13H,5-6H2,1H3,(H,14,15).